The van der Waals surface area contributed by atoms with Gasteiger partial charge in [-0.2, -0.15) is 0 Å². The van der Waals surface area contributed by atoms with Gasteiger partial charge in [0.05, 0.1) is 21.5 Å². The van der Waals surface area contributed by atoms with E-state index in [9.17, 15) is 9.18 Å². The molecule has 0 bridgehead atoms. The first-order valence-electron chi connectivity index (χ1n) is 6.74. The van der Waals surface area contributed by atoms with Gasteiger partial charge in [-0.05, 0) is 38.0 Å². The minimum Gasteiger partial charge on any atom is -0.369 e. The Balaban J connectivity index is 2.78. The number of hydrogen-bond acceptors (Lipinski definition) is 2. The molecule has 0 saturated heterocycles. The Hall–Kier alpha value is -1.72. The molecule has 0 atom stereocenters. The molecule has 1 amide bonds. The first-order valence-corrected chi connectivity index (χ1v) is 7.53. The van der Waals surface area contributed by atoms with Gasteiger partial charge in [0.25, 0.3) is 0 Å². The monoisotopic (exact) mass is 338 g/mol. The molecule has 22 heavy (non-hydrogen) atoms. The number of amides is 1. The molecule has 0 aliphatic heterocycles. The highest BCUT2D eigenvalue weighted by Gasteiger charge is 2.14. The molecular weight excluding hydrogens is 323 g/mol. The molecule has 116 valence electrons. The van der Waals surface area contributed by atoms with Crippen LogP contribution < -0.4 is 5.73 Å². The van der Waals surface area contributed by atoms with Crippen molar-refractivity contribution in [2.24, 2.45) is 5.73 Å². The largest absolute Gasteiger partial charge is 0.369 e. The fourth-order valence-electron chi connectivity index (χ4n) is 2.24. The molecule has 2 rings (SSSR count). The smallest absolute Gasteiger partial charge is 0.223 e. The summed E-state index contributed by atoms with van der Waals surface area (Å²) in [5.41, 5.74) is 7.93. The van der Waals surface area contributed by atoms with E-state index >= 15 is 0 Å². The van der Waals surface area contributed by atoms with Gasteiger partial charge in [0, 0.05) is 11.1 Å². The van der Waals surface area contributed by atoms with E-state index in [-0.39, 0.29) is 17.0 Å². The highest BCUT2D eigenvalue weighted by Crippen LogP contribution is 2.27. The number of nitrogens with one attached hydrogen (secondary N) is 1. The second kappa shape index (κ2) is 6.58. The summed E-state index contributed by atoms with van der Waals surface area (Å²) < 4.78 is 14.7. The second-order valence-corrected chi connectivity index (χ2v) is 6.14. The summed E-state index contributed by atoms with van der Waals surface area (Å²) in [7, 11) is 0. The first kappa shape index (κ1) is 16.6. The van der Waals surface area contributed by atoms with Crippen LogP contribution in [0.2, 0.25) is 5.02 Å². The number of benzene rings is 1. The molecule has 0 saturated carbocycles. The van der Waals surface area contributed by atoms with E-state index in [4.69, 9.17) is 29.6 Å². The van der Waals surface area contributed by atoms with Crippen LogP contribution in [0.1, 0.15) is 25.1 Å². The molecular formula is C16H16ClFN2OS. The van der Waals surface area contributed by atoms with Crippen molar-refractivity contribution in [3.05, 3.63) is 50.4 Å². The summed E-state index contributed by atoms with van der Waals surface area (Å²) in [6, 6.07) is 3.15. The zero-order chi connectivity index (χ0) is 16.4. The predicted molar refractivity (Wildman–Crippen MR) is 90.1 cm³/mol. The van der Waals surface area contributed by atoms with Crippen LogP contribution in [0.5, 0.6) is 0 Å². The number of hydrogen-bond donors (Lipinski definition) is 2. The van der Waals surface area contributed by atoms with Crippen molar-refractivity contribution in [2.75, 3.05) is 0 Å². The third-order valence-corrected chi connectivity index (χ3v) is 4.08. The molecule has 1 aromatic carbocycles. The summed E-state index contributed by atoms with van der Waals surface area (Å²) in [5, 5.41) is 0.572. The minimum atomic E-state index is -0.579. The van der Waals surface area contributed by atoms with Crippen LogP contribution in [-0.2, 0) is 17.6 Å². The van der Waals surface area contributed by atoms with Gasteiger partial charge in [-0.1, -0.05) is 35.5 Å². The molecule has 0 aliphatic carbocycles. The zero-order valence-electron chi connectivity index (χ0n) is 12.3. The summed E-state index contributed by atoms with van der Waals surface area (Å²) >= 11 is 11.3. The van der Waals surface area contributed by atoms with E-state index in [1.54, 1.807) is 6.07 Å². The number of allylic oxidation sites excluding steroid dienone is 2. The van der Waals surface area contributed by atoms with Crippen LogP contribution in [0.25, 0.3) is 10.9 Å². The van der Waals surface area contributed by atoms with E-state index in [0.717, 1.165) is 11.1 Å². The van der Waals surface area contributed by atoms with Crippen molar-refractivity contribution in [1.82, 2.24) is 4.98 Å². The molecule has 3 nitrogen and oxygen atoms in total. The molecule has 6 heteroatoms. The highest BCUT2D eigenvalue weighted by molar-refractivity contribution is 7.71. The van der Waals surface area contributed by atoms with Gasteiger partial charge < -0.3 is 10.7 Å². The maximum absolute atomic E-state index is 14.2. The Bertz CT molecular complexity index is 838. The van der Waals surface area contributed by atoms with Crippen LogP contribution in [-0.4, -0.2) is 10.9 Å². The average Bonchev–Trinajstić information content (AvgIpc) is 2.42. The highest BCUT2D eigenvalue weighted by atomic mass is 35.5. The van der Waals surface area contributed by atoms with E-state index < -0.39 is 11.7 Å². The topological polar surface area (TPSA) is 58.9 Å². The normalized spacial score (nSPS) is 10.7. The molecule has 1 heterocycles. The number of aromatic amines is 1. The Kier molecular flexibility index (Phi) is 4.98. The summed E-state index contributed by atoms with van der Waals surface area (Å²) in [5.74, 6) is -1.09. The van der Waals surface area contributed by atoms with Crippen molar-refractivity contribution >= 4 is 40.6 Å². The third kappa shape index (κ3) is 3.36. The summed E-state index contributed by atoms with van der Waals surface area (Å²) in [4.78, 5) is 14.2. The average molecular weight is 339 g/mol. The molecule has 0 unspecified atom stereocenters. The van der Waals surface area contributed by atoms with Crippen LogP contribution in [0.15, 0.2) is 23.8 Å². The standard InChI is InChI=1S/C16H16ClFN2OS/c1-8(2)3-4-9-12(7-13(19)21)20-15-10(16(9)22)5-6-11(17)14(15)18/h3,5-6H,4,7H2,1-2H3,(H2,19,21)(H,20,22). The quantitative estimate of drug-likeness (QED) is 0.647. The number of pyridine rings is 1. The number of rotatable bonds is 4. The first-order chi connectivity index (χ1) is 10.3. The van der Waals surface area contributed by atoms with Crippen LogP contribution >= 0.6 is 23.8 Å². The number of halogens is 2. The lowest BCUT2D eigenvalue weighted by molar-refractivity contribution is -0.117. The van der Waals surface area contributed by atoms with Gasteiger partial charge >= 0.3 is 0 Å². The van der Waals surface area contributed by atoms with Crippen molar-refractivity contribution in [3.8, 4) is 0 Å². The Morgan fingerprint density at radius 1 is 1.45 bits per heavy atom. The van der Waals surface area contributed by atoms with Crippen LogP contribution in [0.4, 0.5) is 4.39 Å². The van der Waals surface area contributed by atoms with Gasteiger partial charge in [-0.25, -0.2) is 4.39 Å². The molecule has 1 aromatic heterocycles. The minimum absolute atomic E-state index is 0.000207. The van der Waals surface area contributed by atoms with Gasteiger partial charge in [-0.3, -0.25) is 4.79 Å². The van der Waals surface area contributed by atoms with Gasteiger partial charge in [0.2, 0.25) is 5.91 Å². The fourth-order valence-corrected chi connectivity index (χ4v) is 2.77. The molecule has 0 fully saturated rings. The second-order valence-electron chi connectivity index (χ2n) is 5.32. The number of carbonyl (C=O) groups excluding carboxylic acids is 1. The molecule has 0 aliphatic rings. The lowest BCUT2D eigenvalue weighted by Gasteiger charge is -2.12. The SMILES string of the molecule is CC(C)=CCc1c(CC(N)=O)[nH]c2c(F)c(Cl)ccc2c1=S. The predicted octanol–water partition coefficient (Wildman–Crippen LogP) is 4.23. The van der Waals surface area contributed by atoms with Crippen molar-refractivity contribution in [3.63, 3.8) is 0 Å². The molecule has 3 N–H and O–H groups in total. The number of carbonyl (C=O) groups is 1. The number of aromatic nitrogens is 1. The number of H-pyrrole nitrogens is 1. The van der Waals surface area contributed by atoms with E-state index in [2.05, 4.69) is 4.98 Å². The molecule has 0 spiro atoms. The van der Waals surface area contributed by atoms with Gasteiger partial charge in [0.1, 0.15) is 0 Å². The Labute approximate surface area is 138 Å². The fraction of sp³-hybridized carbons (Fsp3) is 0.250. The summed E-state index contributed by atoms with van der Waals surface area (Å²) in [6.07, 6.45) is 2.53. The lowest BCUT2D eigenvalue weighted by Crippen LogP contribution is -2.16. The number of primary amides is 1. The summed E-state index contributed by atoms with van der Waals surface area (Å²) in [6.45, 7) is 3.95. The third-order valence-electron chi connectivity index (χ3n) is 3.32. The zero-order valence-corrected chi connectivity index (χ0v) is 13.9. The van der Waals surface area contributed by atoms with Crippen LogP contribution in [0.3, 0.4) is 0 Å². The van der Waals surface area contributed by atoms with Gasteiger partial charge in [0.15, 0.2) is 5.82 Å². The van der Waals surface area contributed by atoms with Gasteiger partial charge in [-0.15, -0.1) is 0 Å². The number of fused-ring (bicyclic) bond motifs is 1. The number of nitrogens with two attached hydrogens (primary N) is 1. The van der Waals surface area contributed by atoms with Crippen molar-refractivity contribution in [1.29, 1.82) is 0 Å². The Morgan fingerprint density at radius 2 is 2.14 bits per heavy atom. The lowest BCUT2D eigenvalue weighted by atomic mass is 10.0. The maximum Gasteiger partial charge on any atom is 0.223 e. The van der Waals surface area contributed by atoms with E-state index in [1.165, 1.54) is 6.07 Å². The van der Waals surface area contributed by atoms with E-state index in [1.807, 2.05) is 19.9 Å². The Morgan fingerprint density at radius 3 is 2.73 bits per heavy atom. The van der Waals surface area contributed by atoms with Crippen molar-refractivity contribution < 1.29 is 9.18 Å². The molecule has 0 radical (unpaired) electrons. The maximum atomic E-state index is 14.2. The molecule has 2 aromatic rings. The van der Waals surface area contributed by atoms with Crippen molar-refractivity contribution in [2.45, 2.75) is 26.7 Å². The van der Waals surface area contributed by atoms with E-state index in [0.29, 0.717) is 22.0 Å². The van der Waals surface area contributed by atoms with Crippen LogP contribution in [0, 0.1) is 10.3 Å².